The van der Waals surface area contributed by atoms with Crippen LogP contribution in [0.2, 0.25) is 0 Å². The first-order valence-corrected chi connectivity index (χ1v) is 5.14. The number of hydrogen-bond donors (Lipinski definition) is 2. The predicted octanol–water partition coefficient (Wildman–Crippen LogP) is 0.810. The number of rotatable bonds is 4. The van der Waals surface area contributed by atoms with E-state index >= 15 is 0 Å². The van der Waals surface area contributed by atoms with E-state index in [-0.39, 0.29) is 38.1 Å². The third kappa shape index (κ3) is 2.32. The Labute approximate surface area is 92.9 Å². The maximum absolute atomic E-state index is 11.3. The SMILES string of the molecule is CCC(=O)CC1(C(=O)O)CCN(C(=O)O)C1. The maximum atomic E-state index is 11.3. The summed E-state index contributed by atoms with van der Waals surface area (Å²) in [6, 6.07) is 0. The van der Waals surface area contributed by atoms with Crippen LogP contribution in [0, 0.1) is 5.41 Å². The Bertz CT molecular complexity index is 327. The lowest BCUT2D eigenvalue weighted by Crippen LogP contribution is -2.38. The lowest BCUT2D eigenvalue weighted by Gasteiger charge is -2.22. The van der Waals surface area contributed by atoms with E-state index in [1.165, 1.54) is 0 Å². The van der Waals surface area contributed by atoms with Crippen LogP contribution in [-0.4, -0.2) is 46.0 Å². The number of likely N-dealkylation sites (tertiary alicyclic amines) is 1. The summed E-state index contributed by atoms with van der Waals surface area (Å²) in [5.74, 6) is -1.23. The van der Waals surface area contributed by atoms with Crippen molar-refractivity contribution in [3.8, 4) is 0 Å². The first-order chi connectivity index (χ1) is 7.41. The van der Waals surface area contributed by atoms with Crippen LogP contribution < -0.4 is 0 Å². The summed E-state index contributed by atoms with van der Waals surface area (Å²) in [5, 5.41) is 17.9. The number of Topliss-reactive ketones (excluding diaryl/α,β-unsaturated/α-hetero) is 1. The normalized spacial score (nSPS) is 24.4. The van der Waals surface area contributed by atoms with Crippen molar-refractivity contribution in [1.29, 1.82) is 0 Å². The summed E-state index contributed by atoms with van der Waals surface area (Å²) in [7, 11) is 0. The highest BCUT2D eigenvalue weighted by Gasteiger charge is 2.47. The molecule has 0 bridgehead atoms. The van der Waals surface area contributed by atoms with E-state index in [1.807, 2.05) is 0 Å². The standard InChI is InChI=1S/C10H15NO5/c1-2-7(12)5-10(8(13)14)3-4-11(6-10)9(15)16/h2-6H2,1H3,(H,13,14)(H,15,16). The molecule has 0 aromatic carbocycles. The Hall–Kier alpha value is -1.59. The van der Waals surface area contributed by atoms with Crippen molar-refractivity contribution in [3.05, 3.63) is 0 Å². The van der Waals surface area contributed by atoms with E-state index in [4.69, 9.17) is 10.2 Å². The van der Waals surface area contributed by atoms with E-state index in [0.717, 1.165) is 4.90 Å². The van der Waals surface area contributed by atoms with E-state index in [9.17, 15) is 14.4 Å². The van der Waals surface area contributed by atoms with Crippen molar-refractivity contribution < 1.29 is 24.6 Å². The second-order valence-electron chi connectivity index (χ2n) is 4.11. The van der Waals surface area contributed by atoms with Gasteiger partial charge in [0, 0.05) is 25.9 Å². The summed E-state index contributed by atoms with van der Waals surface area (Å²) < 4.78 is 0. The van der Waals surface area contributed by atoms with Crippen LogP contribution in [-0.2, 0) is 9.59 Å². The molecule has 90 valence electrons. The monoisotopic (exact) mass is 229 g/mol. The topological polar surface area (TPSA) is 94.9 Å². The number of hydrogen-bond acceptors (Lipinski definition) is 3. The average Bonchev–Trinajstić information content (AvgIpc) is 2.63. The van der Waals surface area contributed by atoms with Gasteiger partial charge in [-0.15, -0.1) is 0 Å². The summed E-state index contributed by atoms with van der Waals surface area (Å²) in [6.45, 7) is 1.75. The Kier molecular flexibility index (Phi) is 3.51. The van der Waals surface area contributed by atoms with Crippen LogP contribution in [0.3, 0.4) is 0 Å². The highest BCUT2D eigenvalue weighted by molar-refractivity contribution is 5.87. The molecule has 1 aliphatic heterocycles. The van der Waals surface area contributed by atoms with Crippen molar-refractivity contribution >= 4 is 17.8 Å². The fraction of sp³-hybridized carbons (Fsp3) is 0.700. The van der Waals surface area contributed by atoms with Crippen molar-refractivity contribution in [2.75, 3.05) is 13.1 Å². The van der Waals surface area contributed by atoms with E-state index < -0.39 is 17.5 Å². The maximum Gasteiger partial charge on any atom is 0.407 e. The molecular weight excluding hydrogens is 214 g/mol. The van der Waals surface area contributed by atoms with Gasteiger partial charge in [-0.25, -0.2) is 4.79 Å². The van der Waals surface area contributed by atoms with Gasteiger partial charge in [0.2, 0.25) is 0 Å². The molecule has 1 fully saturated rings. The molecule has 0 aliphatic carbocycles. The molecule has 1 aliphatic rings. The third-order valence-electron chi connectivity index (χ3n) is 3.01. The summed E-state index contributed by atoms with van der Waals surface area (Å²) in [4.78, 5) is 34.3. The fourth-order valence-electron chi connectivity index (χ4n) is 1.93. The number of ketones is 1. The van der Waals surface area contributed by atoms with Gasteiger partial charge in [-0.1, -0.05) is 6.92 Å². The Morgan fingerprint density at radius 3 is 2.31 bits per heavy atom. The molecule has 1 unspecified atom stereocenters. The predicted molar refractivity (Wildman–Crippen MR) is 54.2 cm³/mol. The number of aliphatic carboxylic acids is 1. The van der Waals surface area contributed by atoms with Gasteiger partial charge in [0.15, 0.2) is 0 Å². The van der Waals surface area contributed by atoms with Gasteiger partial charge in [-0.2, -0.15) is 0 Å². The first-order valence-electron chi connectivity index (χ1n) is 5.14. The van der Waals surface area contributed by atoms with E-state index in [2.05, 4.69) is 0 Å². The van der Waals surface area contributed by atoms with Gasteiger partial charge in [0.25, 0.3) is 0 Å². The van der Waals surface area contributed by atoms with Crippen LogP contribution in [0.4, 0.5) is 4.79 Å². The molecule has 6 heteroatoms. The number of carbonyl (C=O) groups is 3. The molecular formula is C10H15NO5. The molecule has 16 heavy (non-hydrogen) atoms. The van der Waals surface area contributed by atoms with Gasteiger partial charge in [-0.05, 0) is 6.42 Å². The molecule has 0 aromatic heterocycles. The minimum atomic E-state index is -1.22. The van der Waals surface area contributed by atoms with Crippen LogP contribution in [0.25, 0.3) is 0 Å². The second-order valence-corrected chi connectivity index (χ2v) is 4.11. The van der Waals surface area contributed by atoms with Gasteiger partial charge in [-0.3, -0.25) is 9.59 Å². The molecule has 0 aromatic rings. The highest BCUT2D eigenvalue weighted by atomic mass is 16.4. The quantitative estimate of drug-likeness (QED) is 0.743. The lowest BCUT2D eigenvalue weighted by atomic mass is 9.81. The number of carboxylic acids is 1. The number of carbonyl (C=O) groups excluding carboxylic acids is 1. The smallest absolute Gasteiger partial charge is 0.407 e. The van der Waals surface area contributed by atoms with Crippen molar-refractivity contribution in [2.45, 2.75) is 26.2 Å². The second kappa shape index (κ2) is 4.51. The van der Waals surface area contributed by atoms with Crippen molar-refractivity contribution in [2.24, 2.45) is 5.41 Å². The van der Waals surface area contributed by atoms with Gasteiger partial charge in [0.05, 0.1) is 5.41 Å². The van der Waals surface area contributed by atoms with E-state index in [0.29, 0.717) is 0 Å². The Balaban J connectivity index is 2.81. The van der Waals surface area contributed by atoms with Crippen LogP contribution in [0.15, 0.2) is 0 Å². The molecule has 2 N–H and O–H groups in total. The highest BCUT2D eigenvalue weighted by Crippen LogP contribution is 2.35. The minimum Gasteiger partial charge on any atom is -0.481 e. The summed E-state index contributed by atoms with van der Waals surface area (Å²) in [6.07, 6.45) is -0.725. The van der Waals surface area contributed by atoms with Crippen LogP contribution in [0.1, 0.15) is 26.2 Å². The van der Waals surface area contributed by atoms with Crippen LogP contribution >= 0.6 is 0 Å². The molecule has 0 spiro atoms. The average molecular weight is 229 g/mol. The third-order valence-corrected chi connectivity index (χ3v) is 3.01. The van der Waals surface area contributed by atoms with Gasteiger partial charge in [0.1, 0.15) is 5.78 Å². The Morgan fingerprint density at radius 2 is 1.94 bits per heavy atom. The summed E-state index contributed by atoms with van der Waals surface area (Å²) >= 11 is 0. The molecule has 1 amide bonds. The molecule has 1 rings (SSSR count). The molecule has 0 saturated carbocycles. The van der Waals surface area contributed by atoms with Crippen LogP contribution in [0.5, 0.6) is 0 Å². The number of amides is 1. The molecule has 6 nitrogen and oxygen atoms in total. The lowest BCUT2D eigenvalue weighted by molar-refractivity contribution is -0.150. The first kappa shape index (κ1) is 12.5. The van der Waals surface area contributed by atoms with Crippen molar-refractivity contribution in [3.63, 3.8) is 0 Å². The van der Waals surface area contributed by atoms with Gasteiger partial charge < -0.3 is 15.1 Å². The molecule has 0 radical (unpaired) electrons. The summed E-state index contributed by atoms with van der Waals surface area (Å²) in [5.41, 5.74) is -1.22. The minimum absolute atomic E-state index is 0.0807. The fourth-order valence-corrected chi connectivity index (χ4v) is 1.93. The largest absolute Gasteiger partial charge is 0.481 e. The molecule has 1 saturated heterocycles. The zero-order chi connectivity index (χ0) is 12.3. The Morgan fingerprint density at radius 1 is 1.31 bits per heavy atom. The van der Waals surface area contributed by atoms with Crippen molar-refractivity contribution in [1.82, 2.24) is 4.90 Å². The molecule has 1 atom stereocenters. The zero-order valence-electron chi connectivity index (χ0n) is 9.10. The van der Waals surface area contributed by atoms with Gasteiger partial charge >= 0.3 is 12.1 Å². The van der Waals surface area contributed by atoms with E-state index in [1.54, 1.807) is 6.92 Å². The zero-order valence-corrected chi connectivity index (χ0v) is 9.10. The molecule has 1 heterocycles. The number of carboxylic acid groups (broad SMARTS) is 2. The number of nitrogens with zero attached hydrogens (tertiary/aromatic N) is 1.